The normalized spacial score (nSPS) is 28.3. The summed E-state index contributed by atoms with van der Waals surface area (Å²) in [5.74, 6) is 3.12. The molecule has 2 N–H and O–H groups in total. The van der Waals surface area contributed by atoms with Crippen molar-refractivity contribution < 1.29 is 9.66 Å². The van der Waals surface area contributed by atoms with Gasteiger partial charge in [-0.3, -0.25) is 19.9 Å². The quantitative estimate of drug-likeness (QED) is 0.523. The molecule has 1 aromatic carbocycles. The van der Waals surface area contributed by atoms with Crippen LogP contribution in [-0.4, -0.2) is 21.5 Å². The summed E-state index contributed by atoms with van der Waals surface area (Å²) in [5.41, 5.74) is -0.336. The molecular weight excluding hydrogens is 410 g/mol. The van der Waals surface area contributed by atoms with E-state index in [9.17, 15) is 19.7 Å². The maximum absolute atomic E-state index is 11.9. The lowest BCUT2D eigenvalue weighted by molar-refractivity contribution is -0.386. The van der Waals surface area contributed by atoms with E-state index < -0.39 is 21.9 Å². The second-order valence-electron chi connectivity index (χ2n) is 9.64. The van der Waals surface area contributed by atoms with Crippen molar-refractivity contribution in [1.29, 1.82) is 0 Å². The zero-order valence-electron chi connectivity index (χ0n) is 18.1. The zero-order chi connectivity index (χ0) is 22.5. The minimum Gasteiger partial charge on any atom is -0.493 e. The van der Waals surface area contributed by atoms with Crippen LogP contribution in [0.5, 0.6) is 5.75 Å². The van der Waals surface area contributed by atoms with E-state index >= 15 is 0 Å². The number of nitrogens with zero attached hydrogens (tertiary/aromatic N) is 1. The largest absolute Gasteiger partial charge is 0.493 e. The smallest absolute Gasteiger partial charge is 0.357 e. The van der Waals surface area contributed by atoms with Crippen molar-refractivity contribution in [2.45, 2.75) is 50.9 Å². The van der Waals surface area contributed by atoms with Crippen molar-refractivity contribution in [2.24, 2.45) is 17.8 Å². The van der Waals surface area contributed by atoms with E-state index in [-0.39, 0.29) is 11.1 Å². The molecule has 2 aromatic rings. The molecule has 0 atom stereocenters. The predicted octanol–water partition coefficient (Wildman–Crippen LogP) is 4.01. The molecule has 6 rings (SSSR count). The van der Waals surface area contributed by atoms with E-state index in [1.807, 2.05) is 18.0 Å². The molecule has 0 spiro atoms. The van der Waals surface area contributed by atoms with Gasteiger partial charge in [0.15, 0.2) is 0 Å². The van der Waals surface area contributed by atoms with Gasteiger partial charge in [-0.05, 0) is 98.5 Å². The van der Waals surface area contributed by atoms with Crippen LogP contribution in [0.3, 0.4) is 0 Å². The first-order chi connectivity index (χ1) is 15.4. The molecular formula is C24H27N3O5. The number of ether oxygens (including phenoxy) is 1. The SMILES string of the molecule is CCOc1ccc(C23CC4CC(CC(C4)C2)C3)cc1/C=C\c1[nH]c(=O)[nH]c(=O)c1[N+](=O)[O-]. The van der Waals surface area contributed by atoms with Gasteiger partial charge in [-0.2, -0.15) is 0 Å². The van der Waals surface area contributed by atoms with Gasteiger partial charge in [-0.1, -0.05) is 6.07 Å². The van der Waals surface area contributed by atoms with Crippen LogP contribution in [0.25, 0.3) is 12.2 Å². The Bertz CT molecular complexity index is 1170. The summed E-state index contributed by atoms with van der Waals surface area (Å²) in [6.45, 7) is 2.39. The summed E-state index contributed by atoms with van der Waals surface area (Å²) in [6, 6.07) is 6.28. The van der Waals surface area contributed by atoms with Gasteiger partial charge < -0.3 is 9.72 Å². The summed E-state index contributed by atoms with van der Waals surface area (Å²) >= 11 is 0. The molecule has 8 nitrogen and oxygen atoms in total. The van der Waals surface area contributed by atoms with Gasteiger partial charge in [0.1, 0.15) is 11.4 Å². The molecule has 0 aliphatic heterocycles. The summed E-state index contributed by atoms with van der Waals surface area (Å²) < 4.78 is 5.80. The highest BCUT2D eigenvalue weighted by Gasteiger charge is 2.51. The van der Waals surface area contributed by atoms with Crippen molar-refractivity contribution in [3.63, 3.8) is 0 Å². The monoisotopic (exact) mass is 437 g/mol. The van der Waals surface area contributed by atoms with Crippen LogP contribution in [0.2, 0.25) is 0 Å². The van der Waals surface area contributed by atoms with Gasteiger partial charge in [-0.15, -0.1) is 0 Å². The van der Waals surface area contributed by atoms with Gasteiger partial charge in [-0.25, -0.2) is 4.79 Å². The molecule has 4 aliphatic carbocycles. The summed E-state index contributed by atoms with van der Waals surface area (Å²) in [7, 11) is 0. The number of rotatable bonds is 6. The Morgan fingerprint density at radius 1 is 1.09 bits per heavy atom. The number of nitrogens with one attached hydrogen (secondary N) is 2. The van der Waals surface area contributed by atoms with Crippen molar-refractivity contribution in [1.82, 2.24) is 9.97 Å². The Labute approximate surface area is 184 Å². The first-order valence-electron chi connectivity index (χ1n) is 11.3. The van der Waals surface area contributed by atoms with Crippen molar-refractivity contribution >= 4 is 17.8 Å². The zero-order valence-corrected chi connectivity index (χ0v) is 18.1. The van der Waals surface area contributed by atoms with E-state index in [0.29, 0.717) is 12.4 Å². The first kappa shape index (κ1) is 20.7. The van der Waals surface area contributed by atoms with E-state index in [2.05, 4.69) is 17.1 Å². The molecule has 4 aliphatic rings. The van der Waals surface area contributed by atoms with Gasteiger partial charge >= 0.3 is 16.9 Å². The molecule has 0 saturated heterocycles. The van der Waals surface area contributed by atoms with Gasteiger partial charge in [0.2, 0.25) is 0 Å². The number of aromatic nitrogens is 2. The number of hydrogen-bond acceptors (Lipinski definition) is 5. The standard InChI is InChI=1S/C24H27N3O5/c1-2-32-20-6-4-18(24-11-14-7-15(12-24)9-16(8-14)13-24)10-17(20)3-5-19-21(27(30)31)22(28)26-23(29)25-19/h3-6,10,14-16H,2,7-9,11-13H2,1H3,(H2,25,26,28,29)/b5-3-. The van der Waals surface area contributed by atoms with Crippen LogP contribution in [0.1, 0.15) is 62.3 Å². The maximum atomic E-state index is 11.9. The Balaban J connectivity index is 1.55. The highest BCUT2D eigenvalue weighted by molar-refractivity contribution is 5.74. The van der Waals surface area contributed by atoms with Gasteiger partial charge in [0.25, 0.3) is 0 Å². The molecule has 1 aromatic heterocycles. The summed E-state index contributed by atoms with van der Waals surface area (Å²) in [4.78, 5) is 38.4. The average Bonchev–Trinajstić information content (AvgIpc) is 2.71. The molecule has 4 saturated carbocycles. The number of benzene rings is 1. The van der Waals surface area contributed by atoms with Crippen LogP contribution in [0.4, 0.5) is 5.69 Å². The van der Waals surface area contributed by atoms with Crippen LogP contribution < -0.4 is 16.0 Å². The fraction of sp³-hybridized carbons (Fsp3) is 0.500. The molecule has 0 unspecified atom stereocenters. The van der Waals surface area contributed by atoms with E-state index in [1.54, 1.807) is 6.08 Å². The van der Waals surface area contributed by atoms with Gasteiger partial charge in [0.05, 0.1) is 11.5 Å². The third kappa shape index (κ3) is 3.57. The Morgan fingerprint density at radius 2 is 1.75 bits per heavy atom. The van der Waals surface area contributed by atoms with Crippen LogP contribution in [0, 0.1) is 27.9 Å². The van der Waals surface area contributed by atoms with Gasteiger partial charge in [0, 0.05) is 5.56 Å². The minimum absolute atomic E-state index is 0.133. The van der Waals surface area contributed by atoms with Crippen LogP contribution in [0.15, 0.2) is 27.8 Å². The number of nitro groups is 1. The fourth-order valence-electron chi connectivity index (χ4n) is 6.73. The second-order valence-corrected chi connectivity index (χ2v) is 9.64. The highest BCUT2D eigenvalue weighted by atomic mass is 16.6. The molecule has 4 fully saturated rings. The van der Waals surface area contributed by atoms with E-state index in [1.165, 1.54) is 50.2 Å². The predicted molar refractivity (Wildman–Crippen MR) is 121 cm³/mol. The number of aromatic amines is 2. The van der Waals surface area contributed by atoms with Crippen molar-refractivity contribution in [3.8, 4) is 5.75 Å². The average molecular weight is 437 g/mol. The van der Waals surface area contributed by atoms with E-state index in [4.69, 9.17) is 4.74 Å². The first-order valence-corrected chi connectivity index (χ1v) is 11.3. The van der Waals surface area contributed by atoms with E-state index in [0.717, 1.165) is 23.3 Å². The second kappa shape index (κ2) is 7.76. The Morgan fingerprint density at radius 3 is 2.34 bits per heavy atom. The lowest BCUT2D eigenvalue weighted by Gasteiger charge is -2.57. The van der Waals surface area contributed by atoms with Crippen molar-refractivity contribution in [3.05, 3.63) is 66.0 Å². The highest BCUT2D eigenvalue weighted by Crippen LogP contribution is 2.60. The van der Waals surface area contributed by atoms with Crippen LogP contribution in [-0.2, 0) is 5.41 Å². The maximum Gasteiger partial charge on any atom is 0.357 e. The van der Waals surface area contributed by atoms with Crippen molar-refractivity contribution in [2.75, 3.05) is 6.61 Å². The molecule has 0 amide bonds. The van der Waals surface area contributed by atoms with Crippen LogP contribution >= 0.6 is 0 Å². The third-order valence-corrected chi connectivity index (χ3v) is 7.52. The lowest BCUT2D eigenvalue weighted by Crippen LogP contribution is -2.48. The summed E-state index contributed by atoms with van der Waals surface area (Å²) in [5, 5.41) is 11.4. The molecule has 32 heavy (non-hydrogen) atoms. The molecule has 1 heterocycles. The molecule has 8 heteroatoms. The Hall–Kier alpha value is -3.16. The number of H-pyrrole nitrogens is 2. The molecule has 0 radical (unpaired) electrons. The molecule has 4 bridgehead atoms. The lowest BCUT2D eigenvalue weighted by atomic mass is 9.48. The fourth-order valence-corrected chi connectivity index (χ4v) is 6.73. The number of hydrogen-bond donors (Lipinski definition) is 2. The third-order valence-electron chi connectivity index (χ3n) is 7.52. The Kier molecular flexibility index (Phi) is 5.03. The summed E-state index contributed by atoms with van der Waals surface area (Å²) in [6.07, 6.45) is 10.9. The topological polar surface area (TPSA) is 118 Å². The minimum atomic E-state index is -1.02. The molecule has 168 valence electrons.